The van der Waals surface area contributed by atoms with Crippen LogP contribution in [0.3, 0.4) is 0 Å². The molecule has 1 aliphatic rings. The topological polar surface area (TPSA) is 86.9 Å². The van der Waals surface area contributed by atoms with Crippen molar-refractivity contribution in [1.82, 2.24) is 10.4 Å². The van der Waals surface area contributed by atoms with Gasteiger partial charge in [0.2, 0.25) is 0 Å². The lowest BCUT2D eigenvalue weighted by Crippen LogP contribution is -2.45. The van der Waals surface area contributed by atoms with Gasteiger partial charge in [0.25, 0.3) is 5.69 Å². The van der Waals surface area contributed by atoms with E-state index in [2.05, 4.69) is 15.5 Å². The van der Waals surface area contributed by atoms with Gasteiger partial charge in [0, 0.05) is 23.9 Å². The van der Waals surface area contributed by atoms with Gasteiger partial charge >= 0.3 is 0 Å². The summed E-state index contributed by atoms with van der Waals surface area (Å²) in [6, 6.07) is 21.4. The van der Waals surface area contributed by atoms with Crippen LogP contribution in [0.5, 0.6) is 0 Å². The molecule has 0 saturated carbocycles. The first-order valence-electron chi connectivity index (χ1n) is 7.89. The maximum absolute atomic E-state index is 10.9. The third kappa shape index (κ3) is 2.91. The minimum absolute atomic E-state index is 0.0255. The molecule has 26 heavy (non-hydrogen) atoms. The summed E-state index contributed by atoms with van der Waals surface area (Å²) in [5.74, 6) is 1.29. The lowest BCUT2D eigenvalue weighted by Gasteiger charge is -2.26. The zero-order chi connectivity index (χ0) is 17.9. The highest BCUT2D eigenvalue weighted by Gasteiger charge is 2.27. The molecular formula is C18H14N6O2. The molecule has 3 aromatic rings. The van der Waals surface area contributed by atoms with Crippen LogP contribution < -0.4 is 15.7 Å². The number of hydrogen-bond donors (Lipinski definition) is 1. The Hall–Kier alpha value is -3.94. The van der Waals surface area contributed by atoms with Crippen LogP contribution in [-0.4, -0.2) is 15.7 Å². The molecule has 1 aliphatic heterocycles. The van der Waals surface area contributed by atoms with E-state index < -0.39 is 4.92 Å². The smallest absolute Gasteiger partial charge is 0.258 e. The molecule has 0 radical (unpaired) electrons. The van der Waals surface area contributed by atoms with Crippen LogP contribution in [0.1, 0.15) is 5.56 Å². The fourth-order valence-corrected chi connectivity index (χ4v) is 2.54. The summed E-state index contributed by atoms with van der Waals surface area (Å²) in [6.45, 7) is 0. The summed E-state index contributed by atoms with van der Waals surface area (Å²) < 4.78 is 0. The molecule has 0 fully saturated rings. The molecule has 0 saturated heterocycles. The molecule has 8 heteroatoms. The predicted octanol–water partition coefficient (Wildman–Crippen LogP) is 3.10. The first kappa shape index (κ1) is 15.6. The Balaban J connectivity index is 1.73. The molecule has 0 bridgehead atoms. The van der Waals surface area contributed by atoms with Crippen molar-refractivity contribution in [1.29, 1.82) is 0 Å². The number of non-ortho nitro benzene ring substituents is 1. The first-order valence-corrected chi connectivity index (χ1v) is 7.89. The summed E-state index contributed by atoms with van der Waals surface area (Å²) >= 11 is 0. The van der Waals surface area contributed by atoms with E-state index in [1.54, 1.807) is 28.6 Å². The summed E-state index contributed by atoms with van der Waals surface area (Å²) in [6.07, 6.45) is 1.69. The number of nitrogens with one attached hydrogen (secondary N) is 1. The Morgan fingerprint density at radius 3 is 2.31 bits per heavy atom. The molecule has 0 aliphatic carbocycles. The highest BCUT2D eigenvalue weighted by Crippen LogP contribution is 2.26. The monoisotopic (exact) mass is 346 g/mol. The van der Waals surface area contributed by atoms with Gasteiger partial charge in [-0.2, -0.15) is 5.12 Å². The average molecular weight is 346 g/mol. The number of rotatable bonds is 4. The van der Waals surface area contributed by atoms with E-state index in [9.17, 15) is 10.1 Å². The summed E-state index contributed by atoms with van der Waals surface area (Å²) in [5.41, 5.74) is 4.83. The summed E-state index contributed by atoms with van der Waals surface area (Å²) in [5, 5.41) is 18.8. The maximum Gasteiger partial charge on any atom is 0.269 e. The maximum atomic E-state index is 10.9. The van der Waals surface area contributed by atoms with Gasteiger partial charge in [0.1, 0.15) is 0 Å². The first-order chi connectivity index (χ1) is 12.7. The number of aromatic nitrogens is 1. The largest absolute Gasteiger partial charge is 0.269 e. The van der Waals surface area contributed by atoms with Crippen molar-refractivity contribution in [3.63, 3.8) is 0 Å². The third-order valence-corrected chi connectivity index (χ3v) is 3.80. The van der Waals surface area contributed by atoms with Gasteiger partial charge < -0.3 is 0 Å². The number of pyridine rings is 1. The van der Waals surface area contributed by atoms with E-state index in [0.717, 1.165) is 5.56 Å². The zero-order valence-corrected chi connectivity index (χ0v) is 13.6. The Kier molecular flexibility index (Phi) is 3.91. The molecule has 0 atom stereocenters. The van der Waals surface area contributed by atoms with Gasteiger partial charge in [-0.1, -0.05) is 36.4 Å². The van der Waals surface area contributed by atoms with Gasteiger partial charge in [-0.15, -0.1) is 10.2 Å². The molecular weight excluding hydrogens is 332 g/mol. The molecule has 0 amide bonds. The van der Waals surface area contributed by atoms with Crippen molar-refractivity contribution in [2.45, 2.75) is 0 Å². The lowest BCUT2D eigenvalue weighted by molar-refractivity contribution is -0.384. The van der Waals surface area contributed by atoms with E-state index in [1.165, 1.54) is 12.1 Å². The van der Waals surface area contributed by atoms with Crippen LogP contribution in [0.25, 0.3) is 0 Å². The molecule has 2 heterocycles. The minimum atomic E-state index is -0.429. The number of amidine groups is 1. The van der Waals surface area contributed by atoms with Crippen LogP contribution in [-0.2, 0) is 0 Å². The van der Waals surface area contributed by atoms with Gasteiger partial charge in [-0.25, -0.2) is 4.98 Å². The lowest BCUT2D eigenvalue weighted by atomic mass is 10.2. The molecule has 4 rings (SSSR count). The minimum Gasteiger partial charge on any atom is -0.258 e. The van der Waals surface area contributed by atoms with Crippen LogP contribution in [0.4, 0.5) is 17.2 Å². The Bertz CT molecular complexity index is 944. The number of anilines is 2. The Morgan fingerprint density at radius 1 is 0.923 bits per heavy atom. The molecule has 1 N–H and O–H groups in total. The van der Waals surface area contributed by atoms with Crippen molar-refractivity contribution in [2.75, 3.05) is 10.2 Å². The van der Waals surface area contributed by atoms with Crippen LogP contribution in [0.2, 0.25) is 0 Å². The molecule has 2 aromatic carbocycles. The van der Waals surface area contributed by atoms with E-state index in [1.807, 2.05) is 48.5 Å². The number of hydrogen-bond acceptors (Lipinski definition) is 7. The predicted molar refractivity (Wildman–Crippen MR) is 98.4 cm³/mol. The second-order valence-corrected chi connectivity index (χ2v) is 5.49. The Morgan fingerprint density at radius 2 is 1.65 bits per heavy atom. The Labute approximate surface area is 149 Å². The second kappa shape index (κ2) is 6.52. The summed E-state index contributed by atoms with van der Waals surface area (Å²) in [7, 11) is 0. The van der Waals surface area contributed by atoms with E-state index in [0.29, 0.717) is 17.3 Å². The molecule has 8 nitrogen and oxygen atoms in total. The molecule has 128 valence electrons. The van der Waals surface area contributed by atoms with Crippen molar-refractivity contribution in [3.05, 3.63) is 94.7 Å². The molecule has 1 aromatic heterocycles. The van der Waals surface area contributed by atoms with E-state index in [-0.39, 0.29) is 5.69 Å². The van der Waals surface area contributed by atoms with Crippen molar-refractivity contribution >= 4 is 23.0 Å². The van der Waals surface area contributed by atoms with Crippen LogP contribution in [0.15, 0.2) is 84.1 Å². The molecule has 0 spiro atoms. The van der Waals surface area contributed by atoms with Gasteiger partial charge in [-0.3, -0.25) is 15.5 Å². The third-order valence-electron chi connectivity index (χ3n) is 3.80. The standard InChI is InChI=1S/C18H14N6O2/c25-24(26)16-11-9-15(10-12-16)22-20-18(14-6-2-1-3-7-14)21-23(22)17-8-4-5-13-19-17/h1-13H,(H,20,21). The van der Waals surface area contributed by atoms with Crippen molar-refractivity contribution in [3.8, 4) is 0 Å². The normalized spacial score (nSPS) is 13.3. The van der Waals surface area contributed by atoms with Crippen LogP contribution in [0, 0.1) is 10.1 Å². The fraction of sp³-hybridized carbons (Fsp3) is 0. The van der Waals surface area contributed by atoms with Gasteiger partial charge in [0.15, 0.2) is 11.7 Å². The second-order valence-electron chi connectivity index (χ2n) is 5.49. The fourth-order valence-electron chi connectivity index (χ4n) is 2.54. The van der Waals surface area contributed by atoms with Crippen molar-refractivity contribution < 1.29 is 4.92 Å². The SMILES string of the molecule is O=[N+]([O-])c1ccc(N2N=C(c3ccccc3)NN2c2ccccn2)cc1. The van der Waals surface area contributed by atoms with Crippen LogP contribution >= 0.6 is 0 Å². The number of nitrogens with zero attached hydrogens (tertiary/aromatic N) is 5. The average Bonchev–Trinajstić information content (AvgIpc) is 3.15. The number of nitro groups is 1. The number of hydrazone groups is 1. The van der Waals surface area contributed by atoms with E-state index in [4.69, 9.17) is 0 Å². The molecule has 0 unspecified atom stereocenters. The van der Waals surface area contributed by atoms with Gasteiger partial charge in [0.05, 0.1) is 10.6 Å². The quantitative estimate of drug-likeness (QED) is 0.577. The van der Waals surface area contributed by atoms with Gasteiger partial charge in [-0.05, 0) is 24.3 Å². The number of nitro benzene ring substituents is 1. The van der Waals surface area contributed by atoms with Crippen molar-refractivity contribution in [2.24, 2.45) is 5.10 Å². The zero-order valence-electron chi connectivity index (χ0n) is 13.6. The number of hydrazine groups is 2. The number of benzene rings is 2. The highest BCUT2D eigenvalue weighted by molar-refractivity contribution is 6.02. The highest BCUT2D eigenvalue weighted by atomic mass is 16.6. The summed E-state index contributed by atoms with van der Waals surface area (Å²) in [4.78, 5) is 14.8. The van der Waals surface area contributed by atoms with E-state index >= 15 is 0 Å².